The van der Waals surface area contributed by atoms with Gasteiger partial charge in [-0.05, 0) is 25.5 Å². The number of hydrogen-bond donors (Lipinski definition) is 0. The average Bonchev–Trinajstić information content (AvgIpc) is 2.84. The second-order valence-electron chi connectivity index (χ2n) is 4.76. The van der Waals surface area contributed by atoms with Gasteiger partial charge < -0.3 is 0 Å². The van der Waals surface area contributed by atoms with Crippen LogP contribution in [0.25, 0.3) is 16.9 Å². The topological polar surface area (TPSA) is 73.3 Å². The molecule has 0 saturated carbocycles. The Morgan fingerprint density at radius 3 is 2.76 bits per heavy atom. The molecule has 0 spiro atoms. The third-order valence-corrected chi connectivity index (χ3v) is 3.56. The number of para-hydroxylation sites is 1. The van der Waals surface area contributed by atoms with Crippen molar-refractivity contribution in [3.8, 4) is 11.3 Å². The molecule has 0 aliphatic rings. The Balaban J connectivity index is 2.34. The number of nitrogens with zero attached hydrogens (tertiary/aromatic N) is 4. The first-order valence-electron chi connectivity index (χ1n) is 6.70. The molecule has 0 atom stereocenters. The van der Waals surface area contributed by atoms with E-state index < -0.39 is 0 Å². The van der Waals surface area contributed by atoms with Crippen molar-refractivity contribution in [3.63, 3.8) is 0 Å². The van der Waals surface area contributed by atoms with Gasteiger partial charge in [0.05, 0.1) is 21.9 Å². The molecule has 2 aromatic heterocycles. The van der Waals surface area contributed by atoms with Crippen molar-refractivity contribution in [1.29, 1.82) is 0 Å². The van der Waals surface area contributed by atoms with Gasteiger partial charge in [-0.1, -0.05) is 19.1 Å². The summed E-state index contributed by atoms with van der Waals surface area (Å²) in [5, 5.41) is 15.8. The van der Waals surface area contributed by atoms with E-state index in [2.05, 4.69) is 10.1 Å². The van der Waals surface area contributed by atoms with Gasteiger partial charge in [-0.3, -0.25) is 10.1 Å². The second kappa shape index (κ2) is 4.97. The van der Waals surface area contributed by atoms with Crippen molar-refractivity contribution >= 4 is 11.3 Å². The van der Waals surface area contributed by atoms with E-state index in [4.69, 9.17) is 0 Å². The fourth-order valence-corrected chi connectivity index (χ4v) is 2.49. The van der Waals surface area contributed by atoms with Gasteiger partial charge in [0.2, 0.25) is 0 Å². The maximum atomic E-state index is 11.2. The van der Waals surface area contributed by atoms with Gasteiger partial charge in [-0.15, -0.1) is 0 Å². The Labute approximate surface area is 121 Å². The van der Waals surface area contributed by atoms with Crippen LogP contribution in [0.2, 0.25) is 0 Å². The van der Waals surface area contributed by atoms with E-state index in [9.17, 15) is 10.1 Å². The summed E-state index contributed by atoms with van der Waals surface area (Å²) in [7, 11) is 0. The molecule has 21 heavy (non-hydrogen) atoms. The van der Waals surface area contributed by atoms with Gasteiger partial charge in [0, 0.05) is 17.8 Å². The lowest BCUT2D eigenvalue weighted by atomic mass is 10.1. The van der Waals surface area contributed by atoms with Crippen molar-refractivity contribution in [2.75, 3.05) is 0 Å². The molecule has 0 N–H and O–H groups in total. The summed E-state index contributed by atoms with van der Waals surface area (Å²) in [5.41, 5.74) is 3.99. The predicted molar refractivity (Wildman–Crippen MR) is 79.2 cm³/mol. The molecule has 0 radical (unpaired) electrons. The Morgan fingerprint density at radius 2 is 2.05 bits per heavy atom. The molecule has 2 heterocycles. The average molecular weight is 282 g/mol. The van der Waals surface area contributed by atoms with E-state index in [0.29, 0.717) is 11.3 Å². The minimum Gasteiger partial charge on any atom is -0.258 e. The van der Waals surface area contributed by atoms with Gasteiger partial charge >= 0.3 is 0 Å². The molecule has 0 bridgehead atoms. The number of aromatic nitrogens is 3. The maximum absolute atomic E-state index is 11.2. The zero-order chi connectivity index (χ0) is 15.0. The molecule has 0 unspecified atom stereocenters. The summed E-state index contributed by atoms with van der Waals surface area (Å²) in [4.78, 5) is 15.2. The monoisotopic (exact) mass is 282 g/mol. The van der Waals surface area contributed by atoms with E-state index in [1.54, 1.807) is 35.0 Å². The van der Waals surface area contributed by atoms with Gasteiger partial charge in [0.15, 0.2) is 5.65 Å². The van der Waals surface area contributed by atoms with E-state index >= 15 is 0 Å². The number of nitro benzene ring substituents is 1. The Kier molecular flexibility index (Phi) is 3.13. The molecule has 3 rings (SSSR count). The lowest BCUT2D eigenvalue weighted by molar-refractivity contribution is -0.384. The number of nitro groups is 1. The van der Waals surface area contributed by atoms with Crippen LogP contribution in [0.15, 0.2) is 36.5 Å². The van der Waals surface area contributed by atoms with Crippen LogP contribution in [0, 0.1) is 17.0 Å². The van der Waals surface area contributed by atoms with Crippen LogP contribution in [0.5, 0.6) is 0 Å². The highest BCUT2D eigenvalue weighted by atomic mass is 16.6. The number of benzene rings is 1. The van der Waals surface area contributed by atoms with Crippen LogP contribution in [-0.2, 0) is 6.42 Å². The summed E-state index contributed by atoms with van der Waals surface area (Å²) >= 11 is 0. The zero-order valence-corrected chi connectivity index (χ0v) is 11.8. The molecule has 1 aromatic carbocycles. The lowest BCUT2D eigenvalue weighted by Crippen LogP contribution is -1.99. The molecule has 3 aromatic rings. The molecule has 106 valence electrons. The summed E-state index contributed by atoms with van der Waals surface area (Å²) in [6.07, 6.45) is 2.46. The number of fused-ring (bicyclic) bond motifs is 1. The molecule has 6 nitrogen and oxygen atoms in total. The van der Waals surface area contributed by atoms with Gasteiger partial charge in [0.25, 0.3) is 5.69 Å². The molecule has 0 amide bonds. The molecule has 0 aliphatic heterocycles. The lowest BCUT2D eigenvalue weighted by Gasteiger charge is -2.05. The van der Waals surface area contributed by atoms with E-state index in [1.807, 2.05) is 13.8 Å². The van der Waals surface area contributed by atoms with Gasteiger partial charge in [-0.25, -0.2) is 9.50 Å². The molecule has 0 saturated heterocycles. The first-order chi connectivity index (χ1) is 10.1. The standard InChI is InChI=1S/C15H14N4O2/c1-3-12-10(2)15-16-9-8-13(18(15)17-12)11-6-4-5-7-14(11)19(20)21/h4-9H,3H2,1-2H3. The van der Waals surface area contributed by atoms with Crippen LogP contribution in [-0.4, -0.2) is 19.5 Å². The van der Waals surface area contributed by atoms with E-state index in [1.165, 1.54) is 6.07 Å². The van der Waals surface area contributed by atoms with E-state index in [-0.39, 0.29) is 10.6 Å². The second-order valence-corrected chi connectivity index (χ2v) is 4.76. The Bertz CT molecular complexity index is 839. The fraction of sp³-hybridized carbons (Fsp3) is 0.200. The van der Waals surface area contributed by atoms with Crippen molar-refractivity contribution in [3.05, 3.63) is 57.9 Å². The molecular formula is C15H14N4O2. The summed E-state index contributed by atoms with van der Waals surface area (Å²) in [6, 6.07) is 8.42. The van der Waals surface area contributed by atoms with Gasteiger partial charge in [-0.2, -0.15) is 5.10 Å². The molecule has 6 heteroatoms. The minimum atomic E-state index is -0.376. The number of rotatable bonds is 3. The maximum Gasteiger partial charge on any atom is 0.278 e. The minimum absolute atomic E-state index is 0.0659. The number of hydrogen-bond acceptors (Lipinski definition) is 4. The highest BCUT2D eigenvalue weighted by molar-refractivity contribution is 5.72. The third-order valence-electron chi connectivity index (χ3n) is 3.56. The van der Waals surface area contributed by atoms with Crippen molar-refractivity contribution in [1.82, 2.24) is 14.6 Å². The SMILES string of the molecule is CCc1nn2c(-c3ccccc3[N+](=O)[O-])ccnc2c1C. The van der Waals surface area contributed by atoms with Crippen molar-refractivity contribution < 1.29 is 4.92 Å². The predicted octanol–water partition coefficient (Wildman–Crippen LogP) is 3.18. The summed E-state index contributed by atoms with van der Waals surface area (Å²) in [6.45, 7) is 4.00. The normalized spacial score (nSPS) is 11.0. The van der Waals surface area contributed by atoms with Crippen molar-refractivity contribution in [2.24, 2.45) is 0 Å². The smallest absolute Gasteiger partial charge is 0.258 e. The molecule has 0 fully saturated rings. The Hall–Kier alpha value is -2.76. The first kappa shape index (κ1) is 13.2. The zero-order valence-electron chi connectivity index (χ0n) is 11.8. The van der Waals surface area contributed by atoms with Crippen LogP contribution >= 0.6 is 0 Å². The van der Waals surface area contributed by atoms with Gasteiger partial charge in [0.1, 0.15) is 0 Å². The Morgan fingerprint density at radius 1 is 1.29 bits per heavy atom. The molecular weight excluding hydrogens is 268 g/mol. The summed E-state index contributed by atoms with van der Waals surface area (Å²) in [5.74, 6) is 0. The first-order valence-corrected chi connectivity index (χ1v) is 6.70. The third kappa shape index (κ3) is 2.05. The number of aryl methyl sites for hydroxylation is 2. The van der Waals surface area contributed by atoms with E-state index in [0.717, 1.165) is 23.3 Å². The fourth-order valence-electron chi connectivity index (χ4n) is 2.49. The van der Waals surface area contributed by atoms with Crippen LogP contribution in [0.3, 0.4) is 0 Å². The van der Waals surface area contributed by atoms with Crippen molar-refractivity contribution in [2.45, 2.75) is 20.3 Å². The largest absolute Gasteiger partial charge is 0.278 e. The van der Waals surface area contributed by atoms with Crippen LogP contribution in [0.1, 0.15) is 18.2 Å². The highest BCUT2D eigenvalue weighted by Gasteiger charge is 2.18. The summed E-state index contributed by atoms with van der Waals surface area (Å²) < 4.78 is 1.69. The van der Waals surface area contributed by atoms with Crippen LogP contribution < -0.4 is 0 Å². The van der Waals surface area contributed by atoms with Crippen LogP contribution in [0.4, 0.5) is 5.69 Å². The quantitative estimate of drug-likeness (QED) is 0.546. The highest BCUT2D eigenvalue weighted by Crippen LogP contribution is 2.30. The molecule has 0 aliphatic carbocycles.